The van der Waals surface area contributed by atoms with Crippen LogP contribution < -0.4 is 11.1 Å². The fraction of sp³-hybridized carbons (Fsp3) is 0.750. The van der Waals surface area contributed by atoms with E-state index in [1.54, 1.807) is 0 Å². The average Bonchev–Trinajstić information content (AvgIpc) is 2.77. The molecule has 0 aliphatic heterocycles. The fourth-order valence-corrected chi connectivity index (χ4v) is 2.35. The van der Waals surface area contributed by atoms with Crippen molar-refractivity contribution >= 4 is 17.7 Å². The largest absolute Gasteiger partial charge is 0.351 e. The van der Waals surface area contributed by atoms with Gasteiger partial charge in [-0.15, -0.1) is 10.2 Å². The summed E-state index contributed by atoms with van der Waals surface area (Å²) in [6.07, 6.45) is 0.895. The van der Waals surface area contributed by atoms with Crippen molar-refractivity contribution in [1.82, 2.24) is 20.1 Å². The highest BCUT2D eigenvalue weighted by Crippen LogP contribution is 2.17. The lowest BCUT2D eigenvalue weighted by molar-refractivity contribution is -0.120. The summed E-state index contributed by atoms with van der Waals surface area (Å²) >= 11 is 1.39. The van der Waals surface area contributed by atoms with Gasteiger partial charge in [-0.05, 0) is 27.2 Å². The summed E-state index contributed by atoms with van der Waals surface area (Å²) in [4.78, 5) is 11.9. The summed E-state index contributed by atoms with van der Waals surface area (Å²) in [5, 5.41) is 11.8. The third kappa shape index (κ3) is 4.50. The Kier molecular flexibility index (Phi) is 5.81. The predicted molar refractivity (Wildman–Crippen MR) is 76.8 cm³/mol. The number of rotatable bonds is 7. The third-order valence-electron chi connectivity index (χ3n) is 2.99. The first-order valence-electron chi connectivity index (χ1n) is 6.49. The first-order chi connectivity index (χ1) is 8.93. The van der Waals surface area contributed by atoms with Crippen molar-refractivity contribution in [2.24, 2.45) is 5.73 Å². The molecule has 0 unspecified atom stereocenters. The molecule has 0 fully saturated rings. The van der Waals surface area contributed by atoms with Gasteiger partial charge in [-0.3, -0.25) is 4.79 Å². The number of carbonyl (C=O) groups is 1. The van der Waals surface area contributed by atoms with Crippen LogP contribution in [0.1, 0.15) is 39.9 Å². The van der Waals surface area contributed by atoms with Crippen molar-refractivity contribution in [2.45, 2.75) is 57.9 Å². The minimum Gasteiger partial charge on any atom is -0.351 e. The Hall–Kier alpha value is -1.08. The van der Waals surface area contributed by atoms with E-state index >= 15 is 0 Å². The Morgan fingerprint density at radius 2 is 2.11 bits per heavy atom. The highest BCUT2D eigenvalue weighted by molar-refractivity contribution is 7.99. The predicted octanol–water partition coefficient (Wildman–Crippen LogP) is 1.15. The number of amides is 1. The third-order valence-corrected chi connectivity index (χ3v) is 3.95. The Morgan fingerprint density at radius 1 is 1.42 bits per heavy atom. The molecule has 0 atom stereocenters. The maximum absolute atomic E-state index is 11.9. The highest BCUT2D eigenvalue weighted by Gasteiger charge is 2.18. The van der Waals surface area contributed by atoms with Crippen molar-refractivity contribution in [1.29, 1.82) is 0 Å². The van der Waals surface area contributed by atoms with Gasteiger partial charge in [-0.25, -0.2) is 0 Å². The molecule has 0 aromatic carbocycles. The number of nitrogens with one attached hydrogen (secondary N) is 1. The molecule has 6 nitrogen and oxygen atoms in total. The molecule has 0 aliphatic carbocycles. The van der Waals surface area contributed by atoms with E-state index in [1.807, 2.05) is 25.3 Å². The highest BCUT2D eigenvalue weighted by atomic mass is 32.2. The second kappa shape index (κ2) is 6.91. The van der Waals surface area contributed by atoms with E-state index in [0.29, 0.717) is 12.3 Å². The van der Waals surface area contributed by atoms with Crippen LogP contribution in [0.5, 0.6) is 0 Å². The molecule has 7 heteroatoms. The Bertz CT molecular complexity index is 430. The summed E-state index contributed by atoms with van der Waals surface area (Å²) in [5.74, 6) is 1.10. The van der Waals surface area contributed by atoms with Crippen LogP contribution in [0.15, 0.2) is 5.16 Å². The summed E-state index contributed by atoms with van der Waals surface area (Å²) in [7, 11) is 0. The van der Waals surface area contributed by atoms with Crippen molar-refractivity contribution < 1.29 is 4.79 Å². The van der Waals surface area contributed by atoms with Crippen molar-refractivity contribution in [3.8, 4) is 0 Å². The maximum atomic E-state index is 11.9. The molecule has 0 aliphatic rings. The first kappa shape index (κ1) is 16.0. The number of hydrogen-bond donors (Lipinski definition) is 2. The number of thioether (sulfide) groups is 1. The molecule has 3 N–H and O–H groups in total. The molecule has 19 heavy (non-hydrogen) atoms. The molecule has 0 radical (unpaired) electrons. The maximum Gasteiger partial charge on any atom is 0.230 e. The lowest BCUT2D eigenvalue weighted by Crippen LogP contribution is -2.43. The van der Waals surface area contributed by atoms with Crippen LogP contribution in [0.3, 0.4) is 0 Å². The molecular weight excluding hydrogens is 262 g/mol. The summed E-state index contributed by atoms with van der Waals surface area (Å²) in [6.45, 7) is 9.19. The Labute approximate surface area is 118 Å². The van der Waals surface area contributed by atoms with Gasteiger partial charge in [0.15, 0.2) is 5.16 Å². The van der Waals surface area contributed by atoms with Crippen molar-refractivity contribution in [3.63, 3.8) is 0 Å². The van der Waals surface area contributed by atoms with E-state index in [-0.39, 0.29) is 11.4 Å². The molecular formula is C12H23N5OS. The zero-order valence-corrected chi connectivity index (χ0v) is 12.9. The Morgan fingerprint density at radius 3 is 2.63 bits per heavy atom. The SMILES string of the molecule is CCn1c(CN)nnc1SCC(=O)NC(C)(C)CC. The summed E-state index contributed by atoms with van der Waals surface area (Å²) < 4.78 is 1.93. The molecule has 1 amide bonds. The topological polar surface area (TPSA) is 85.8 Å². The van der Waals surface area contributed by atoms with Gasteiger partial charge in [-0.2, -0.15) is 0 Å². The van der Waals surface area contributed by atoms with E-state index in [2.05, 4.69) is 22.4 Å². The standard InChI is InChI=1S/C12H23N5OS/c1-5-12(3,4)14-10(18)8-19-11-16-15-9(7-13)17(11)6-2/h5-8,13H2,1-4H3,(H,14,18). The van der Waals surface area contributed by atoms with Gasteiger partial charge in [0, 0.05) is 12.1 Å². The van der Waals surface area contributed by atoms with Gasteiger partial charge in [-0.1, -0.05) is 18.7 Å². The van der Waals surface area contributed by atoms with Crippen molar-refractivity contribution in [2.75, 3.05) is 5.75 Å². The van der Waals surface area contributed by atoms with Crippen LogP contribution in [-0.4, -0.2) is 32.0 Å². The molecule has 0 bridgehead atoms. The minimum atomic E-state index is -0.168. The second-order valence-electron chi connectivity index (χ2n) is 4.92. The van der Waals surface area contributed by atoms with Crippen LogP contribution in [0.4, 0.5) is 0 Å². The molecule has 0 saturated heterocycles. The monoisotopic (exact) mass is 285 g/mol. The lowest BCUT2D eigenvalue weighted by Gasteiger charge is -2.24. The van der Waals surface area contributed by atoms with E-state index in [4.69, 9.17) is 5.73 Å². The number of carbonyl (C=O) groups excluding carboxylic acids is 1. The van der Waals surface area contributed by atoms with Gasteiger partial charge in [0.2, 0.25) is 5.91 Å². The van der Waals surface area contributed by atoms with Gasteiger partial charge >= 0.3 is 0 Å². The number of nitrogens with two attached hydrogens (primary N) is 1. The van der Waals surface area contributed by atoms with Gasteiger partial charge in [0.25, 0.3) is 0 Å². The van der Waals surface area contributed by atoms with E-state index in [1.165, 1.54) is 11.8 Å². The normalized spacial score (nSPS) is 11.6. The lowest BCUT2D eigenvalue weighted by atomic mass is 10.0. The minimum absolute atomic E-state index is 0.0109. The van der Waals surface area contributed by atoms with Crippen LogP contribution in [0, 0.1) is 0 Å². The fourth-order valence-electron chi connectivity index (χ4n) is 1.53. The molecule has 0 saturated carbocycles. The summed E-state index contributed by atoms with van der Waals surface area (Å²) in [5.41, 5.74) is 5.42. The van der Waals surface area contributed by atoms with Gasteiger partial charge in [0.1, 0.15) is 5.82 Å². The van der Waals surface area contributed by atoms with Crippen molar-refractivity contribution in [3.05, 3.63) is 5.82 Å². The molecule has 1 aromatic rings. The van der Waals surface area contributed by atoms with Crippen LogP contribution >= 0.6 is 11.8 Å². The van der Waals surface area contributed by atoms with E-state index in [0.717, 1.165) is 23.9 Å². The average molecular weight is 285 g/mol. The van der Waals surface area contributed by atoms with Gasteiger partial charge < -0.3 is 15.6 Å². The molecule has 1 heterocycles. The quantitative estimate of drug-likeness (QED) is 0.734. The zero-order chi connectivity index (χ0) is 14.5. The number of hydrogen-bond acceptors (Lipinski definition) is 5. The molecule has 108 valence electrons. The number of nitrogens with zero attached hydrogens (tertiary/aromatic N) is 3. The molecule has 1 rings (SSSR count). The van der Waals surface area contributed by atoms with Crippen LogP contribution in [0.2, 0.25) is 0 Å². The molecule has 0 spiro atoms. The number of aromatic nitrogens is 3. The second-order valence-corrected chi connectivity index (χ2v) is 5.86. The molecule has 1 aromatic heterocycles. The van der Waals surface area contributed by atoms with E-state index < -0.39 is 0 Å². The van der Waals surface area contributed by atoms with Gasteiger partial charge in [0.05, 0.1) is 12.3 Å². The van der Waals surface area contributed by atoms with E-state index in [9.17, 15) is 4.79 Å². The zero-order valence-electron chi connectivity index (χ0n) is 12.1. The van der Waals surface area contributed by atoms with Crippen LogP contribution in [-0.2, 0) is 17.9 Å². The first-order valence-corrected chi connectivity index (χ1v) is 7.48. The van der Waals surface area contributed by atoms with Crippen LogP contribution in [0.25, 0.3) is 0 Å². The Balaban J connectivity index is 2.57. The smallest absolute Gasteiger partial charge is 0.230 e. The summed E-state index contributed by atoms with van der Waals surface area (Å²) in [6, 6.07) is 0.